The molecule has 0 aromatic heterocycles. The zero-order valence-corrected chi connectivity index (χ0v) is 12.7. The Bertz CT molecular complexity index is 272. The van der Waals surface area contributed by atoms with Gasteiger partial charge in [0, 0.05) is 19.1 Å². The summed E-state index contributed by atoms with van der Waals surface area (Å²) in [5, 5.41) is 3.24. The number of primary amides is 1. The summed E-state index contributed by atoms with van der Waals surface area (Å²) >= 11 is 0. The first-order chi connectivity index (χ1) is 9.04. The Morgan fingerprint density at radius 1 is 1.47 bits per heavy atom. The molecule has 5 heteroatoms. The van der Waals surface area contributed by atoms with Gasteiger partial charge < -0.3 is 16.0 Å². The van der Waals surface area contributed by atoms with E-state index in [9.17, 15) is 4.79 Å². The van der Waals surface area contributed by atoms with Gasteiger partial charge in [-0.2, -0.15) is 0 Å². The van der Waals surface area contributed by atoms with E-state index in [-0.39, 0.29) is 11.9 Å². The van der Waals surface area contributed by atoms with Crippen LogP contribution in [0.2, 0.25) is 0 Å². The van der Waals surface area contributed by atoms with E-state index in [2.05, 4.69) is 36.0 Å². The molecule has 1 fully saturated rings. The Morgan fingerprint density at radius 3 is 2.84 bits per heavy atom. The monoisotopic (exact) mass is 270 g/mol. The number of amides is 1. The summed E-state index contributed by atoms with van der Waals surface area (Å²) in [5.74, 6) is -0.229. The van der Waals surface area contributed by atoms with Crippen LogP contribution < -0.4 is 11.1 Å². The van der Waals surface area contributed by atoms with Gasteiger partial charge in [0.15, 0.2) is 0 Å². The largest absolute Gasteiger partial charge is 0.368 e. The van der Waals surface area contributed by atoms with Gasteiger partial charge >= 0.3 is 0 Å². The summed E-state index contributed by atoms with van der Waals surface area (Å²) in [4.78, 5) is 16.3. The molecule has 0 bridgehead atoms. The summed E-state index contributed by atoms with van der Waals surface area (Å²) in [5.41, 5.74) is 5.45. The van der Waals surface area contributed by atoms with Gasteiger partial charge in [0.1, 0.15) is 0 Å². The van der Waals surface area contributed by atoms with Gasteiger partial charge in [-0.1, -0.05) is 6.92 Å². The van der Waals surface area contributed by atoms with Gasteiger partial charge in [0.05, 0.1) is 6.04 Å². The highest BCUT2D eigenvalue weighted by Crippen LogP contribution is 2.09. The van der Waals surface area contributed by atoms with Crippen LogP contribution in [0.4, 0.5) is 0 Å². The second-order valence-corrected chi connectivity index (χ2v) is 5.70. The van der Waals surface area contributed by atoms with Crippen molar-refractivity contribution >= 4 is 5.91 Å². The quantitative estimate of drug-likeness (QED) is 0.696. The first-order valence-electron chi connectivity index (χ1n) is 7.49. The summed E-state index contributed by atoms with van der Waals surface area (Å²) in [7, 11) is 2.18. The van der Waals surface area contributed by atoms with E-state index in [1.807, 2.05) is 0 Å². The van der Waals surface area contributed by atoms with E-state index >= 15 is 0 Å². The number of nitrogens with two attached hydrogens (primary N) is 1. The fraction of sp³-hybridized carbons (Fsp3) is 0.929. The molecule has 0 aromatic carbocycles. The first-order valence-corrected chi connectivity index (χ1v) is 7.49. The third kappa shape index (κ3) is 5.89. The number of rotatable bonds is 7. The van der Waals surface area contributed by atoms with Crippen LogP contribution >= 0.6 is 0 Å². The smallest absolute Gasteiger partial charge is 0.234 e. The van der Waals surface area contributed by atoms with Crippen LogP contribution in [0.5, 0.6) is 0 Å². The average molecular weight is 270 g/mol. The number of hydrogen-bond donors (Lipinski definition) is 2. The topological polar surface area (TPSA) is 61.6 Å². The van der Waals surface area contributed by atoms with Gasteiger partial charge in [-0.25, -0.2) is 0 Å². The number of carbonyl (C=O) groups is 1. The molecule has 3 N–H and O–H groups in total. The Hall–Kier alpha value is -0.650. The molecule has 5 nitrogen and oxygen atoms in total. The maximum absolute atomic E-state index is 11.4. The molecule has 1 aliphatic rings. The molecule has 2 atom stereocenters. The third-order valence-corrected chi connectivity index (χ3v) is 3.87. The molecule has 1 rings (SSSR count). The summed E-state index contributed by atoms with van der Waals surface area (Å²) < 4.78 is 0. The zero-order chi connectivity index (χ0) is 14.3. The highest BCUT2D eigenvalue weighted by Gasteiger charge is 2.21. The maximum atomic E-state index is 11.4. The van der Waals surface area contributed by atoms with E-state index < -0.39 is 0 Å². The number of carbonyl (C=O) groups excluding carboxylic acids is 1. The van der Waals surface area contributed by atoms with E-state index in [1.54, 1.807) is 0 Å². The summed E-state index contributed by atoms with van der Waals surface area (Å²) in [6, 6.07) is 0.361. The molecule has 0 aromatic rings. The Kier molecular flexibility index (Phi) is 7.34. The van der Waals surface area contributed by atoms with Crippen molar-refractivity contribution in [1.82, 2.24) is 15.1 Å². The number of likely N-dealkylation sites (N-methyl/N-ethyl adjacent to an activating group) is 1. The summed E-state index contributed by atoms with van der Waals surface area (Å²) in [6.07, 6.45) is 3.03. The van der Waals surface area contributed by atoms with Crippen LogP contribution in [0.25, 0.3) is 0 Å². The average Bonchev–Trinajstić information content (AvgIpc) is 2.50. The second kappa shape index (κ2) is 8.51. The number of nitrogens with one attached hydrogen (secondary N) is 1. The lowest BCUT2D eigenvalue weighted by molar-refractivity contribution is -0.120. The predicted octanol–water partition coefficient (Wildman–Crippen LogP) is 0.256. The lowest BCUT2D eigenvalue weighted by Crippen LogP contribution is -2.45. The molecule has 2 unspecified atom stereocenters. The maximum Gasteiger partial charge on any atom is 0.234 e. The van der Waals surface area contributed by atoms with Crippen LogP contribution in [0.1, 0.15) is 33.1 Å². The van der Waals surface area contributed by atoms with Gasteiger partial charge in [-0.05, 0) is 52.9 Å². The van der Waals surface area contributed by atoms with Crippen molar-refractivity contribution in [2.45, 2.75) is 45.2 Å². The molecule has 0 spiro atoms. The molecular weight excluding hydrogens is 240 g/mol. The standard InChI is InChI=1S/C14H30N4O/c1-4-7-16-13(14(15)19)6-10-18-9-5-8-17(3)11-12(18)2/h12-13,16H,4-11H2,1-3H3,(H2,15,19). The lowest BCUT2D eigenvalue weighted by atomic mass is 10.1. The highest BCUT2D eigenvalue weighted by molar-refractivity contribution is 5.79. The van der Waals surface area contributed by atoms with Crippen LogP contribution in [-0.2, 0) is 4.79 Å². The zero-order valence-electron chi connectivity index (χ0n) is 12.7. The van der Waals surface area contributed by atoms with Crippen molar-refractivity contribution in [2.75, 3.05) is 39.8 Å². The Labute approximate surface area is 117 Å². The van der Waals surface area contributed by atoms with E-state index in [1.165, 1.54) is 6.42 Å². The summed E-state index contributed by atoms with van der Waals surface area (Å²) in [6.45, 7) is 9.53. The molecule has 0 radical (unpaired) electrons. The minimum atomic E-state index is -0.229. The van der Waals surface area contributed by atoms with Gasteiger partial charge in [-0.3, -0.25) is 9.69 Å². The normalized spacial score (nSPS) is 24.1. The van der Waals surface area contributed by atoms with E-state index in [4.69, 9.17) is 5.73 Å². The minimum absolute atomic E-state index is 0.187. The number of hydrogen-bond acceptors (Lipinski definition) is 4. The Balaban J connectivity index is 2.41. The fourth-order valence-electron chi connectivity index (χ4n) is 2.71. The van der Waals surface area contributed by atoms with Crippen molar-refractivity contribution in [1.29, 1.82) is 0 Å². The second-order valence-electron chi connectivity index (χ2n) is 5.70. The minimum Gasteiger partial charge on any atom is -0.368 e. The number of nitrogens with zero attached hydrogens (tertiary/aromatic N) is 2. The van der Waals surface area contributed by atoms with Crippen molar-refractivity contribution in [3.05, 3.63) is 0 Å². The molecule has 0 aliphatic carbocycles. The van der Waals surface area contributed by atoms with Crippen molar-refractivity contribution in [3.63, 3.8) is 0 Å². The molecule has 1 amide bonds. The molecule has 1 saturated heterocycles. The highest BCUT2D eigenvalue weighted by atomic mass is 16.1. The van der Waals surface area contributed by atoms with E-state index in [0.29, 0.717) is 6.04 Å². The predicted molar refractivity (Wildman–Crippen MR) is 79.0 cm³/mol. The molecule has 1 heterocycles. The molecule has 112 valence electrons. The molecule has 1 aliphatic heterocycles. The molecule has 0 saturated carbocycles. The van der Waals surface area contributed by atoms with Crippen molar-refractivity contribution in [2.24, 2.45) is 5.73 Å². The van der Waals surface area contributed by atoms with Gasteiger partial charge in [-0.15, -0.1) is 0 Å². The third-order valence-electron chi connectivity index (χ3n) is 3.87. The van der Waals surface area contributed by atoms with Crippen LogP contribution in [0.15, 0.2) is 0 Å². The van der Waals surface area contributed by atoms with Crippen molar-refractivity contribution < 1.29 is 4.79 Å². The van der Waals surface area contributed by atoms with Crippen LogP contribution in [0.3, 0.4) is 0 Å². The van der Waals surface area contributed by atoms with Gasteiger partial charge in [0.2, 0.25) is 5.91 Å². The van der Waals surface area contributed by atoms with Crippen LogP contribution in [-0.4, -0.2) is 67.6 Å². The first kappa shape index (κ1) is 16.4. The fourth-order valence-corrected chi connectivity index (χ4v) is 2.71. The lowest BCUT2D eigenvalue weighted by Gasteiger charge is -2.29. The SMILES string of the molecule is CCCNC(CCN1CCCN(C)CC1C)C(N)=O. The van der Waals surface area contributed by atoms with Crippen molar-refractivity contribution in [3.8, 4) is 0 Å². The van der Waals surface area contributed by atoms with E-state index in [0.717, 1.165) is 45.6 Å². The molecule has 19 heavy (non-hydrogen) atoms. The van der Waals surface area contributed by atoms with Crippen LogP contribution in [0, 0.1) is 0 Å². The molecular formula is C14H30N4O. The Morgan fingerprint density at radius 2 is 2.21 bits per heavy atom. The van der Waals surface area contributed by atoms with Gasteiger partial charge in [0.25, 0.3) is 0 Å².